The molecule has 1 atom stereocenters. The summed E-state index contributed by atoms with van der Waals surface area (Å²) in [7, 11) is 1.27. The Balaban J connectivity index is 1.53. The first-order valence-electron chi connectivity index (χ1n) is 10.6. The lowest BCUT2D eigenvalue weighted by atomic mass is 10.1. The molecule has 11 heteroatoms. The molecule has 2 amide bonds. The summed E-state index contributed by atoms with van der Waals surface area (Å²) in [6, 6.07) is 14.1. The lowest BCUT2D eigenvalue weighted by molar-refractivity contribution is -0.140. The van der Waals surface area contributed by atoms with Gasteiger partial charge in [0.1, 0.15) is 30.4 Å². The number of amides is 2. The molecule has 1 heterocycles. The van der Waals surface area contributed by atoms with Gasteiger partial charge < -0.3 is 24.1 Å². The summed E-state index contributed by atoms with van der Waals surface area (Å²) in [4.78, 5) is 35.1. The van der Waals surface area contributed by atoms with Gasteiger partial charge in [-0.3, -0.25) is 10.1 Å². The Labute approximate surface area is 206 Å². The Morgan fingerprint density at radius 2 is 1.83 bits per heavy atom. The number of aromatic nitrogens is 1. The summed E-state index contributed by atoms with van der Waals surface area (Å²) in [6.45, 7) is 1.86. The molecule has 1 aromatic heterocycles. The third kappa shape index (κ3) is 7.47. The van der Waals surface area contributed by atoms with Crippen LogP contribution in [0, 0.1) is 0 Å². The summed E-state index contributed by atoms with van der Waals surface area (Å²) in [5.74, 6) is -0.425. The second-order valence-electron chi connectivity index (χ2n) is 7.30. The molecule has 2 N–H and O–H groups in total. The average Bonchev–Trinajstić information content (AvgIpc) is 3.30. The van der Waals surface area contributed by atoms with Gasteiger partial charge in [0.2, 0.25) is 0 Å². The maximum Gasteiger partial charge on any atom is 0.412 e. The molecule has 0 aliphatic heterocycles. The Bertz CT molecular complexity index is 1160. The van der Waals surface area contributed by atoms with E-state index < -0.39 is 24.3 Å². The number of rotatable bonds is 9. The SMILES string of the molecule is COC(=O)CCNC(=O)OCc1ccc(-c2nocc2NC(=O)OC(C)c2ccccc2Cl)cc1. The van der Waals surface area contributed by atoms with Gasteiger partial charge in [-0.2, -0.15) is 0 Å². The average molecular weight is 502 g/mol. The minimum Gasteiger partial charge on any atom is -0.469 e. The van der Waals surface area contributed by atoms with Crippen molar-refractivity contribution in [3.05, 3.63) is 70.9 Å². The number of halogens is 1. The minimum atomic E-state index is -0.690. The van der Waals surface area contributed by atoms with Crippen molar-refractivity contribution in [2.24, 2.45) is 0 Å². The summed E-state index contributed by atoms with van der Waals surface area (Å²) < 4.78 is 20.1. The standard InChI is InChI=1S/C24H24ClN3O7/c1-15(18-5-3-4-6-19(18)25)35-24(31)27-20-14-34-28-22(20)17-9-7-16(8-10-17)13-33-23(30)26-12-11-21(29)32-2/h3-10,14-15H,11-13H2,1-2H3,(H,26,30)(H,27,31). The Kier molecular flexibility index (Phi) is 9.08. The number of carbonyl (C=O) groups excluding carboxylic acids is 3. The molecule has 0 saturated heterocycles. The smallest absolute Gasteiger partial charge is 0.412 e. The van der Waals surface area contributed by atoms with Crippen LogP contribution in [0.2, 0.25) is 5.02 Å². The molecule has 0 spiro atoms. The second-order valence-corrected chi connectivity index (χ2v) is 7.70. The maximum absolute atomic E-state index is 12.4. The number of hydrogen-bond donors (Lipinski definition) is 2. The molecule has 0 bridgehead atoms. The van der Waals surface area contributed by atoms with E-state index in [1.165, 1.54) is 13.4 Å². The molecule has 1 unspecified atom stereocenters. The first kappa shape index (κ1) is 25.6. The molecule has 0 saturated carbocycles. The monoisotopic (exact) mass is 501 g/mol. The number of nitrogens with zero attached hydrogens (tertiary/aromatic N) is 1. The predicted molar refractivity (Wildman–Crippen MR) is 127 cm³/mol. The van der Waals surface area contributed by atoms with Crippen LogP contribution in [0.25, 0.3) is 11.3 Å². The number of esters is 1. The number of hydrogen-bond acceptors (Lipinski definition) is 8. The molecule has 0 aliphatic rings. The van der Waals surface area contributed by atoms with Crippen LogP contribution in [-0.4, -0.2) is 37.0 Å². The van der Waals surface area contributed by atoms with Crippen LogP contribution in [0.4, 0.5) is 15.3 Å². The van der Waals surface area contributed by atoms with E-state index in [2.05, 4.69) is 20.5 Å². The van der Waals surface area contributed by atoms with Gasteiger partial charge in [0.05, 0.1) is 13.5 Å². The zero-order valence-electron chi connectivity index (χ0n) is 19.1. The van der Waals surface area contributed by atoms with Gasteiger partial charge in [-0.15, -0.1) is 0 Å². The van der Waals surface area contributed by atoms with Crippen LogP contribution >= 0.6 is 11.6 Å². The maximum atomic E-state index is 12.4. The zero-order chi connectivity index (χ0) is 25.2. The van der Waals surface area contributed by atoms with Gasteiger partial charge in [-0.1, -0.05) is 59.2 Å². The molecular formula is C24H24ClN3O7. The molecule has 10 nitrogen and oxygen atoms in total. The van der Waals surface area contributed by atoms with Gasteiger partial charge in [-0.05, 0) is 18.6 Å². The van der Waals surface area contributed by atoms with E-state index in [9.17, 15) is 14.4 Å². The minimum absolute atomic E-state index is 0.0283. The van der Waals surface area contributed by atoms with E-state index in [1.54, 1.807) is 49.4 Å². The quantitative estimate of drug-likeness (QED) is 0.306. The van der Waals surface area contributed by atoms with Crippen molar-refractivity contribution in [2.45, 2.75) is 26.1 Å². The lowest BCUT2D eigenvalue weighted by Crippen LogP contribution is -2.26. The van der Waals surface area contributed by atoms with E-state index in [0.717, 1.165) is 5.56 Å². The molecule has 0 aliphatic carbocycles. The summed E-state index contributed by atoms with van der Waals surface area (Å²) >= 11 is 6.16. The molecule has 2 aromatic carbocycles. The van der Waals surface area contributed by atoms with Gasteiger partial charge >= 0.3 is 18.2 Å². The van der Waals surface area contributed by atoms with Crippen LogP contribution in [-0.2, 0) is 25.6 Å². The predicted octanol–water partition coefficient (Wildman–Crippen LogP) is 5.09. The number of nitrogens with one attached hydrogen (secondary N) is 2. The molecule has 0 fully saturated rings. The van der Waals surface area contributed by atoms with Crippen LogP contribution in [0.1, 0.15) is 30.6 Å². The Morgan fingerprint density at radius 3 is 2.54 bits per heavy atom. The van der Waals surface area contributed by atoms with Crippen molar-refractivity contribution < 1.29 is 33.1 Å². The fourth-order valence-corrected chi connectivity index (χ4v) is 3.32. The van der Waals surface area contributed by atoms with E-state index in [-0.39, 0.29) is 19.6 Å². The molecule has 3 aromatic rings. The third-order valence-corrected chi connectivity index (χ3v) is 5.20. The van der Waals surface area contributed by atoms with E-state index in [4.69, 9.17) is 25.6 Å². The highest BCUT2D eigenvalue weighted by Crippen LogP contribution is 2.29. The van der Waals surface area contributed by atoms with Crippen molar-refractivity contribution >= 4 is 35.4 Å². The topological polar surface area (TPSA) is 129 Å². The number of benzene rings is 2. The number of alkyl carbamates (subject to hydrolysis) is 1. The van der Waals surface area contributed by atoms with Crippen molar-refractivity contribution in [1.82, 2.24) is 10.5 Å². The third-order valence-electron chi connectivity index (χ3n) is 4.86. The van der Waals surface area contributed by atoms with E-state index in [1.807, 2.05) is 6.07 Å². The van der Waals surface area contributed by atoms with Gasteiger partial charge in [0, 0.05) is 22.7 Å². The van der Waals surface area contributed by atoms with Crippen LogP contribution in [0.3, 0.4) is 0 Å². The summed E-state index contributed by atoms with van der Waals surface area (Å²) in [5.41, 5.74) is 2.81. The lowest BCUT2D eigenvalue weighted by Gasteiger charge is -2.15. The number of methoxy groups -OCH3 is 1. The zero-order valence-corrected chi connectivity index (χ0v) is 19.8. The van der Waals surface area contributed by atoms with Crippen molar-refractivity contribution in [3.63, 3.8) is 0 Å². The fourth-order valence-electron chi connectivity index (χ4n) is 3.03. The van der Waals surface area contributed by atoms with Crippen molar-refractivity contribution in [1.29, 1.82) is 0 Å². The molecule has 3 rings (SSSR count). The summed E-state index contributed by atoms with van der Waals surface area (Å²) in [6.07, 6.45) is -0.549. The van der Waals surface area contributed by atoms with Crippen LogP contribution in [0.5, 0.6) is 0 Å². The van der Waals surface area contributed by atoms with Crippen LogP contribution < -0.4 is 10.6 Å². The number of ether oxygens (including phenoxy) is 3. The highest BCUT2D eigenvalue weighted by molar-refractivity contribution is 6.31. The number of anilines is 1. The largest absolute Gasteiger partial charge is 0.469 e. The highest BCUT2D eigenvalue weighted by atomic mass is 35.5. The Hall–Kier alpha value is -4.05. The molecule has 35 heavy (non-hydrogen) atoms. The Morgan fingerprint density at radius 1 is 1.09 bits per heavy atom. The van der Waals surface area contributed by atoms with Gasteiger partial charge in [-0.25, -0.2) is 9.59 Å². The second kappa shape index (κ2) is 12.4. The summed E-state index contributed by atoms with van der Waals surface area (Å²) in [5, 5.41) is 9.54. The molecular weight excluding hydrogens is 478 g/mol. The molecule has 0 radical (unpaired) electrons. The van der Waals surface area contributed by atoms with Crippen molar-refractivity contribution in [2.75, 3.05) is 19.0 Å². The van der Waals surface area contributed by atoms with E-state index >= 15 is 0 Å². The van der Waals surface area contributed by atoms with Gasteiger partial charge in [0.25, 0.3) is 0 Å². The fraction of sp³-hybridized carbons (Fsp3) is 0.250. The first-order chi connectivity index (χ1) is 16.9. The highest BCUT2D eigenvalue weighted by Gasteiger charge is 2.18. The first-order valence-corrected chi connectivity index (χ1v) is 11.0. The van der Waals surface area contributed by atoms with Crippen molar-refractivity contribution in [3.8, 4) is 11.3 Å². The number of carbonyl (C=O) groups is 3. The van der Waals surface area contributed by atoms with E-state index in [0.29, 0.717) is 27.5 Å². The van der Waals surface area contributed by atoms with Crippen LogP contribution in [0.15, 0.2) is 59.3 Å². The molecule has 184 valence electrons. The normalized spacial score (nSPS) is 11.3. The van der Waals surface area contributed by atoms with Gasteiger partial charge in [0.15, 0.2) is 0 Å².